The van der Waals surface area contributed by atoms with Crippen molar-refractivity contribution in [1.29, 1.82) is 0 Å². The van der Waals surface area contributed by atoms with E-state index in [1.54, 1.807) is 0 Å². The molecule has 19 heavy (non-hydrogen) atoms. The summed E-state index contributed by atoms with van der Waals surface area (Å²) in [5.74, 6) is 3.51. The number of carbonyl (C=O) groups is 1. The van der Waals surface area contributed by atoms with Gasteiger partial charge in [0.1, 0.15) is 0 Å². The number of aliphatic hydroxyl groups excluding tert-OH is 1. The van der Waals surface area contributed by atoms with Crippen LogP contribution < -0.4 is 5.32 Å². The maximum Gasteiger partial charge on any atom is 0.234 e. The summed E-state index contributed by atoms with van der Waals surface area (Å²) in [7, 11) is 1.88. The lowest BCUT2D eigenvalue weighted by atomic mass is 9.54. The average Bonchev–Trinajstić information content (AvgIpc) is 2.33. The Morgan fingerprint density at radius 2 is 1.74 bits per heavy atom. The fraction of sp³-hybridized carbons (Fsp3) is 0.933. The van der Waals surface area contributed by atoms with Gasteiger partial charge in [0.15, 0.2) is 0 Å². The van der Waals surface area contributed by atoms with Crippen LogP contribution in [0.4, 0.5) is 0 Å². The van der Waals surface area contributed by atoms with Crippen LogP contribution in [0.1, 0.15) is 32.1 Å². The summed E-state index contributed by atoms with van der Waals surface area (Å²) in [5, 5.41) is 12.2. The highest BCUT2D eigenvalue weighted by Crippen LogP contribution is 2.53. The molecular formula is C15H26N2O2. The van der Waals surface area contributed by atoms with Crippen LogP contribution >= 0.6 is 0 Å². The summed E-state index contributed by atoms with van der Waals surface area (Å²) in [6.45, 7) is 1.08. The molecular weight excluding hydrogens is 240 g/mol. The summed E-state index contributed by atoms with van der Waals surface area (Å²) in [5.41, 5.74) is 0. The molecule has 0 aromatic heterocycles. The zero-order chi connectivity index (χ0) is 13.4. The second-order valence-corrected chi connectivity index (χ2v) is 6.99. The number of amides is 1. The SMILES string of the molecule is CN(CCO)CC(=O)NC1C2CC3CC(C2)CC1C3. The van der Waals surface area contributed by atoms with Gasteiger partial charge in [-0.1, -0.05) is 0 Å². The number of hydrogen-bond acceptors (Lipinski definition) is 3. The van der Waals surface area contributed by atoms with Gasteiger partial charge in [-0.2, -0.15) is 0 Å². The fourth-order valence-corrected chi connectivity index (χ4v) is 4.89. The van der Waals surface area contributed by atoms with E-state index in [-0.39, 0.29) is 12.5 Å². The molecule has 4 bridgehead atoms. The topological polar surface area (TPSA) is 52.6 Å². The van der Waals surface area contributed by atoms with Crippen LogP contribution in [0, 0.1) is 23.7 Å². The van der Waals surface area contributed by atoms with Crippen molar-refractivity contribution in [2.75, 3.05) is 26.7 Å². The smallest absolute Gasteiger partial charge is 0.234 e. The molecule has 0 aliphatic heterocycles. The molecule has 4 rings (SSSR count). The minimum atomic E-state index is 0.113. The van der Waals surface area contributed by atoms with Gasteiger partial charge >= 0.3 is 0 Å². The van der Waals surface area contributed by atoms with Gasteiger partial charge in [0.05, 0.1) is 13.2 Å². The van der Waals surface area contributed by atoms with Gasteiger partial charge < -0.3 is 10.4 Å². The molecule has 4 aliphatic rings. The summed E-state index contributed by atoms with van der Waals surface area (Å²) in [6.07, 6.45) is 6.80. The van der Waals surface area contributed by atoms with Crippen molar-refractivity contribution >= 4 is 5.91 Å². The Kier molecular flexibility index (Phi) is 3.81. The van der Waals surface area contributed by atoms with E-state index in [4.69, 9.17) is 5.11 Å². The van der Waals surface area contributed by atoms with Crippen molar-refractivity contribution in [1.82, 2.24) is 10.2 Å². The second-order valence-electron chi connectivity index (χ2n) is 6.99. The monoisotopic (exact) mass is 266 g/mol. The number of hydrogen-bond donors (Lipinski definition) is 2. The summed E-state index contributed by atoms with van der Waals surface area (Å²) >= 11 is 0. The van der Waals surface area contributed by atoms with E-state index in [9.17, 15) is 4.79 Å². The molecule has 108 valence electrons. The number of likely N-dealkylation sites (N-methyl/N-ethyl adjacent to an activating group) is 1. The van der Waals surface area contributed by atoms with Gasteiger partial charge in [0.2, 0.25) is 5.91 Å². The molecule has 0 aromatic rings. The lowest BCUT2D eigenvalue weighted by molar-refractivity contribution is -0.126. The molecule has 0 spiro atoms. The molecule has 0 aromatic carbocycles. The van der Waals surface area contributed by atoms with E-state index >= 15 is 0 Å². The molecule has 0 radical (unpaired) electrons. The van der Waals surface area contributed by atoms with Gasteiger partial charge in [0, 0.05) is 12.6 Å². The van der Waals surface area contributed by atoms with E-state index < -0.39 is 0 Å². The van der Waals surface area contributed by atoms with Crippen molar-refractivity contribution in [3.63, 3.8) is 0 Å². The third kappa shape index (κ3) is 2.79. The van der Waals surface area contributed by atoms with Crippen LogP contribution in [0.2, 0.25) is 0 Å². The quantitative estimate of drug-likeness (QED) is 0.776. The number of nitrogens with zero attached hydrogens (tertiary/aromatic N) is 1. The van der Waals surface area contributed by atoms with E-state index in [1.165, 1.54) is 32.1 Å². The molecule has 4 nitrogen and oxygen atoms in total. The molecule has 0 atom stereocenters. The number of aliphatic hydroxyl groups is 1. The molecule has 4 saturated carbocycles. The van der Waals surface area contributed by atoms with Crippen LogP contribution in [-0.4, -0.2) is 48.7 Å². The van der Waals surface area contributed by atoms with Crippen molar-refractivity contribution in [2.45, 2.75) is 38.1 Å². The molecule has 4 heteroatoms. The first-order chi connectivity index (χ1) is 9.15. The van der Waals surface area contributed by atoms with Gasteiger partial charge in [-0.25, -0.2) is 0 Å². The minimum Gasteiger partial charge on any atom is -0.395 e. The Morgan fingerprint density at radius 1 is 1.16 bits per heavy atom. The Hall–Kier alpha value is -0.610. The minimum absolute atomic E-state index is 0.113. The van der Waals surface area contributed by atoms with Crippen LogP contribution in [0.15, 0.2) is 0 Å². The normalized spacial score (nSPS) is 39.8. The summed E-state index contributed by atoms with van der Waals surface area (Å²) < 4.78 is 0. The summed E-state index contributed by atoms with van der Waals surface area (Å²) in [6, 6.07) is 0.433. The van der Waals surface area contributed by atoms with Crippen LogP contribution in [0.3, 0.4) is 0 Å². The zero-order valence-electron chi connectivity index (χ0n) is 11.8. The Bertz CT molecular complexity index is 317. The van der Waals surface area contributed by atoms with Gasteiger partial charge in [0.25, 0.3) is 0 Å². The Labute approximate surface area is 115 Å². The molecule has 0 saturated heterocycles. The molecule has 4 fully saturated rings. The number of nitrogens with one attached hydrogen (secondary N) is 1. The third-order valence-corrected chi connectivity index (χ3v) is 5.45. The maximum atomic E-state index is 12.1. The summed E-state index contributed by atoms with van der Waals surface area (Å²) in [4.78, 5) is 14.0. The molecule has 2 N–H and O–H groups in total. The molecule has 0 unspecified atom stereocenters. The average molecular weight is 266 g/mol. The third-order valence-electron chi connectivity index (χ3n) is 5.45. The highest BCUT2D eigenvalue weighted by molar-refractivity contribution is 5.78. The fourth-order valence-electron chi connectivity index (χ4n) is 4.89. The largest absolute Gasteiger partial charge is 0.395 e. The Balaban J connectivity index is 1.54. The van der Waals surface area contributed by atoms with E-state index in [0.29, 0.717) is 19.1 Å². The van der Waals surface area contributed by atoms with Gasteiger partial charge in [-0.15, -0.1) is 0 Å². The zero-order valence-corrected chi connectivity index (χ0v) is 11.8. The number of rotatable bonds is 5. The van der Waals surface area contributed by atoms with Crippen LogP contribution in [0.25, 0.3) is 0 Å². The molecule has 4 aliphatic carbocycles. The first kappa shape index (κ1) is 13.4. The highest BCUT2D eigenvalue weighted by atomic mass is 16.3. The molecule has 0 heterocycles. The number of carbonyl (C=O) groups excluding carboxylic acids is 1. The van der Waals surface area contributed by atoms with E-state index in [0.717, 1.165) is 23.7 Å². The second kappa shape index (κ2) is 5.41. The van der Waals surface area contributed by atoms with E-state index in [1.807, 2.05) is 11.9 Å². The van der Waals surface area contributed by atoms with E-state index in [2.05, 4.69) is 5.32 Å². The van der Waals surface area contributed by atoms with Crippen LogP contribution in [-0.2, 0) is 4.79 Å². The van der Waals surface area contributed by atoms with Crippen molar-refractivity contribution in [2.24, 2.45) is 23.7 Å². The van der Waals surface area contributed by atoms with Crippen molar-refractivity contribution in [3.8, 4) is 0 Å². The lowest BCUT2D eigenvalue weighted by Gasteiger charge is -2.54. The predicted molar refractivity (Wildman–Crippen MR) is 73.6 cm³/mol. The lowest BCUT2D eigenvalue weighted by Crippen LogP contribution is -2.57. The van der Waals surface area contributed by atoms with Crippen molar-refractivity contribution in [3.05, 3.63) is 0 Å². The first-order valence-corrected chi connectivity index (χ1v) is 7.74. The van der Waals surface area contributed by atoms with Gasteiger partial charge in [-0.05, 0) is 62.8 Å². The highest BCUT2D eigenvalue weighted by Gasteiger charge is 2.48. The van der Waals surface area contributed by atoms with Crippen LogP contribution in [0.5, 0.6) is 0 Å². The first-order valence-electron chi connectivity index (χ1n) is 7.74. The predicted octanol–water partition coefficient (Wildman–Crippen LogP) is 0.851. The standard InChI is InChI=1S/C15H26N2O2/c1-17(2-3-18)9-14(19)16-15-12-5-10-4-11(7-12)8-13(15)6-10/h10-13,15,18H,2-9H2,1H3,(H,16,19). The Morgan fingerprint density at radius 3 is 2.26 bits per heavy atom. The van der Waals surface area contributed by atoms with Crippen molar-refractivity contribution < 1.29 is 9.90 Å². The molecule has 1 amide bonds. The maximum absolute atomic E-state index is 12.1. The van der Waals surface area contributed by atoms with Gasteiger partial charge in [-0.3, -0.25) is 9.69 Å².